The minimum atomic E-state index is -0.191. The van der Waals surface area contributed by atoms with Crippen molar-refractivity contribution in [3.05, 3.63) is 0 Å². The van der Waals surface area contributed by atoms with Crippen molar-refractivity contribution in [1.82, 2.24) is 0 Å². The minimum absolute atomic E-state index is 0.0738. The summed E-state index contributed by atoms with van der Waals surface area (Å²) >= 11 is 0. The fourth-order valence-electron chi connectivity index (χ4n) is 2.37. The molecule has 0 aliphatic carbocycles. The Morgan fingerprint density at radius 2 is 2.00 bits per heavy atom. The average molecular weight is 254 g/mol. The van der Waals surface area contributed by atoms with Crippen LogP contribution in [-0.4, -0.2) is 29.1 Å². The van der Waals surface area contributed by atoms with Crippen molar-refractivity contribution in [3.8, 4) is 0 Å². The lowest BCUT2D eigenvalue weighted by molar-refractivity contribution is -0.611. The molecule has 0 saturated carbocycles. The highest BCUT2D eigenvalue weighted by molar-refractivity contribution is 5.84. The van der Waals surface area contributed by atoms with Gasteiger partial charge in [0.1, 0.15) is 0 Å². The largest absolute Gasteiger partial charge is 0.857 e. The molecule has 0 bridgehead atoms. The summed E-state index contributed by atoms with van der Waals surface area (Å²) in [5.41, 5.74) is 1.18. The lowest BCUT2D eigenvalue weighted by Gasteiger charge is -2.14. The average Bonchev–Trinajstić information content (AvgIpc) is 2.59. The van der Waals surface area contributed by atoms with Gasteiger partial charge in [-0.3, -0.25) is 0 Å². The summed E-state index contributed by atoms with van der Waals surface area (Å²) in [6, 6.07) is 0. The number of unbranched alkanes of at least 4 members (excludes halogenated alkanes) is 1. The zero-order valence-corrected chi connectivity index (χ0v) is 12.3. The molecule has 1 aliphatic rings. The van der Waals surface area contributed by atoms with E-state index in [1.807, 2.05) is 4.68 Å². The summed E-state index contributed by atoms with van der Waals surface area (Å²) in [6.45, 7) is 11.4. The van der Waals surface area contributed by atoms with E-state index in [0.717, 1.165) is 12.8 Å². The summed E-state index contributed by atoms with van der Waals surface area (Å²) in [7, 11) is 0. The van der Waals surface area contributed by atoms with Gasteiger partial charge in [0.2, 0.25) is 0 Å². The highest BCUT2D eigenvalue weighted by Crippen LogP contribution is 2.17. The summed E-state index contributed by atoms with van der Waals surface area (Å²) in [6.07, 6.45) is 2.32. The van der Waals surface area contributed by atoms with E-state index in [1.165, 1.54) is 5.71 Å². The van der Waals surface area contributed by atoms with Gasteiger partial charge in [0.15, 0.2) is 5.71 Å². The van der Waals surface area contributed by atoms with Gasteiger partial charge in [-0.2, -0.15) is 0 Å². The maximum absolute atomic E-state index is 11.5. The van der Waals surface area contributed by atoms with Crippen molar-refractivity contribution >= 4 is 11.6 Å². The molecule has 1 rings (SSSR count). The first-order valence-corrected chi connectivity index (χ1v) is 6.99. The Bertz CT molecular complexity index is 323. The Balaban J connectivity index is 2.89. The number of nitrogens with zero attached hydrogens (tertiary/aromatic N) is 2. The van der Waals surface area contributed by atoms with Crippen LogP contribution >= 0.6 is 0 Å². The molecule has 4 nitrogen and oxygen atoms in total. The zero-order chi connectivity index (χ0) is 13.7. The van der Waals surface area contributed by atoms with E-state index in [0.29, 0.717) is 24.9 Å². The molecule has 1 unspecified atom stereocenters. The van der Waals surface area contributed by atoms with E-state index in [2.05, 4.69) is 39.7 Å². The first kappa shape index (κ1) is 15.2. The van der Waals surface area contributed by atoms with Crippen LogP contribution in [0.1, 0.15) is 53.9 Å². The maximum atomic E-state index is 11.5. The molecule has 1 atom stereocenters. The highest BCUT2D eigenvalue weighted by Gasteiger charge is 2.34. The molecule has 0 aromatic carbocycles. The van der Waals surface area contributed by atoms with Crippen LogP contribution in [-0.2, 0) is 4.74 Å². The summed E-state index contributed by atoms with van der Waals surface area (Å²) in [5, 5.41) is 15.7. The second-order valence-electron chi connectivity index (χ2n) is 5.46. The molecule has 4 heteroatoms. The van der Waals surface area contributed by atoms with E-state index in [-0.39, 0.29) is 12.1 Å². The van der Waals surface area contributed by atoms with Gasteiger partial charge in [-0.15, -0.1) is 0 Å². The molecule has 0 spiro atoms. The number of ether oxygens (including phenoxy) is 1. The lowest BCUT2D eigenvalue weighted by atomic mass is 9.97. The number of rotatable bonds is 6. The van der Waals surface area contributed by atoms with E-state index in [9.17, 15) is 5.11 Å². The lowest BCUT2D eigenvalue weighted by Crippen LogP contribution is -2.33. The molecule has 0 fully saturated rings. The molecule has 104 valence electrons. The van der Waals surface area contributed by atoms with Gasteiger partial charge >= 0.3 is 0 Å². The standard InChI is InChI=1S/C14H26N2O2/c1-6-7-8-18-13-9-12(17)15-16(13)14(10(2)3)11(4)5/h10-11,13H,6-9H2,1-5H3. The molecular weight excluding hydrogens is 228 g/mol. The Morgan fingerprint density at radius 3 is 2.50 bits per heavy atom. The predicted octanol–water partition coefficient (Wildman–Crippen LogP) is 1.97. The Labute approximate surface area is 110 Å². The van der Waals surface area contributed by atoms with Crippen LogP contribution in [0, 0.1) is 11.8 Å². The first-order valence-electron chi connectivity index (χ1n) is 6.99. The minimum Gasteiger partial charge on any atom is -0.857 e. The van der Waals surface area contributed by atoms with Crippen molar-refractivity contribution in [2.75, 3.05) is 6.61 Å². The van der Waals surface area contributed by atoms with E-state index >= 15 is 0 Å². The molecule has 18 heavy (non-hydrogen) atoms. The van der Waals surface area contributed by atoms with Crippen LogP contribution in [0.25, 0.3) is 0 Å². The normalized spacial score (nSPS) is 19.8. The fourth-order valence-corrected chi connectivity index (χ4v) is 2.37. The predicted molar refractivity (Wildman–Crippen MR) is 71.6 cm³/mol. The van der Waals surface area contributed by atoms with Crippen LogP contribution in [0.15, 0.2) is 5.10 Å². The van der Waals surface area contributed by atoms with Crippen molar-refractivity contribution in [1.29, 1.82) is 0 Å². The van der Waals surface area contributed by atoms with Crippen LogP contribution in [0.2, 0.25) is 0 Å². The molecular formula is C14H26N2O2. The molecule has 0 saturated heterocycles. The molecule has 0 N–H and O–H groups in total. The molecule has 1 heterocycles. The van der Waals surface area contributed by atoms with Crippen molar-refractivity contribution in [3.63, 3.8) is 0 Å². The second kappa shape index (κ2) is 6.88. The number of hydrazone groups is 1. The van der Waals surface area contributed by atoms with Crippen molar-refractivity contribution < 1.29 is 14.5 Å². The third-order valence-corrected chi connectivity index (χ3v) is 3.10. The number of hydrogen-bond donors (Lipinski definition) is 0. The van der Waals surface area contributed by atoms with Gasteiger partial charge in [-0.05, 0) is 11.5 Å². The van der Waals surface area contributed by atoms with Gasteiger partial charge < -0.3 is 9.84 Å². The number of hydrogen-bond acceptors (Lipinski definition) is 3. The molecule has 0 aromatic rings. The van der Waals surface area contributed by atoms with Crippen LogP contribution in [0.3, 0.4) is 0 Å². The SMILES string of the molecule is CCCCOC1CC([O-])=N[N+]1=C(C(C)C)C(C)C. The zero-order valence-electron chi connectivity index (χ0n) is 12.3. The fraction of sp³-hybridized carbons (Fsp3) is 0.857. The van der Waals surface area contributed by atoms with E-state index in [4.69, 9.17) is 4.74 Å². The second-order valence-corrected chi connectivity index (χ2v) is 5.46. The van der Waals surface area contributed by atoms with Gasteiger partial charge in [0, 0.05) is 17.7 Å². The van der Waals surface area contributed by atoms with Crippen LogP contribution < -0.4 is 5.11 Å². The first-order chi connectivity index (χ1) is 8.47. The summed E-state index contributed by atoms with van der Waals surface area (Å²) < 4.78 is 7.62. The van der Waals surface area contributed by atoms with Gasteiger partial charge in [0.05, 0.1) is 13.0 Å². The Kier molecular flexibility index (Phi) is 5.79. The third kappa shape index (κ3) is 3.80. The Hall–Kier alpha value is -0.900. The van der Waals surface area contributed by atoms with E-state index in [1.54, 1.807) is 0 Å². The Morgan fingerprint density at radius 1 is 1.39 bits per heavy atom. The van der Waals surface area contributed by atoms with Gasteiger partial charge in [0.25, 0.3) is 6.23 Å². The van der Waals surface area contributed by atoms with Crippen molar-refractivity contribution in [2.45, 2.75) is 60.1 Å². The molecule has 0 amide bonds. The monoisotopic (exact) mass is 254 g/mol. The van der Waals surface area contributed by atoms with Crippen molar-refractivity contribution in [2.24, 2.45) is 16.9 Å². The topological polar surface area (TPSA) is 47.7 Å². The highest BCUT2D eigenvalue weighted by atomic mass is 16.5. The smallest absolute Gasteiger partial charge is 0.292 e. The van der Waals surface area contributed by atoms with Crippen LogP contribution in [0.4, 0.5) is 0 Å². The van der Waals surface area contributed by atoms with Crippen LogP contribution in [0.5, 0.6) is 0 Å². The molecule has 1 aliphatic heterocycles. The van der Waals surface area contributed by atoms with E-state index < -0.39 is 0 Å². The van der Waals surface area contributed by atoms with Gasteiger partial charge in [-0.1, -0.05) is 45.7 Å². The molecule has 0 aromatic heterocycles. The third-order valence-electron chi connectivity index (χ3n) is 3.10. The summed E-state index contributed by atoms with van der Waals surface area (Å²) in [4.78, 5) is 0. The summed E-state index contributed by atoms with van der Waals surface area (Å²) in [5.74, 6) is 0.671. The quantitative estimate of drug-likeness (QED) is 0.537. The maximum Gasteiger partial charge on any atom is 0.292 e. The molecule has 0 radical (unpaired) electrons. The van der Waals surface area contributed by atoms with Gasteiger partial charge in [-0.25, -0.2) is 0 Å².